The monoisotopic (exact) mass is 227 g/mol. The van der Waals surface area contributed by atoms with E-state index in [1.54, 1.807) is 7.11 Å². The summed E-state index contributed by atoms with van der Waals surface area (Å²) >= 11 is 0. The molecule has 0 saturated heterocycles. The van der Waals surface area contributed by atoms with Gasteiger partial charge in [-0.3, -0.25) is 4.79 Å². The van der Waals surface area contributed by atoms with Crippen molar-refractivity contribution in [3.8, 4) is 0 Å². The highest BCUT2D eigenvalue weighted by molar-refractivity contribution is 5.81. The van der Waals surface area contributed by atoms with Crippen LogP contribution in [0.1, 0.15) is 40.5 Å². The zero-order valence-electron chi connectivity index (χ0n) is 11.2. The van der Waals surface area contributed by atoms with Crippen LogP contribution in [0.2, 0.25) is 0 Å². The second kappa shape index (κ2) is 5.17. The Bertz CT molecular complexity index is 241. The smallest absolute Gasteiger partial charge is 0.228 e. The van der Waals surface area contributed by atoms with Crippen LogP contribution in [0, 0.1) is 11.3 Å². The Morgan fingerprint density at radius 2 is 2.00 bits per heavy atom. The minimum absolute atomic E-state index is 0.240. The van der Waals surface area contributed by atoms with Crippen molar-refractivity contribution in [1.82, 2.24) is 4.90 Å². The lowest BCUT2D eigenvalue weighted by molar-refractivity contribution is -0.142. The van der Waals surface area contributed by atoms with Gasteiger partial charge in [0.1, 0.15) is 0 Å². The van der Waals surface area contributed by atoms with Crippen LogP contribution in [0.4, 0.5) is 0 Å². The number of methoxy groups -OCH3 is 1. The molecule has 1 aliphatic carbocycles. The van der Waals surface area contributed by atoms with Crippen LogP contribution in [-0.4, -0.2) is 37.1 Å². The van der Waals surface area contributed by atoms with Crippen LogP contribution in [0.3, 0.4) is 0 Å². The summed E-state index contributed by atoms with van der Waals surface area (Å²) in [5.41, 5.74) is -0.295. The fourth-order valence-corrected chi connectivity index (χ4v) is 1.94. The zero-order chi connectivity index (χ0) is 12.3. The lowest BCUT2D eigenvalue weighted by Gasteiger charge is -2.34. The van der Waals surface area contributed by atoms with Gasteiger partial charge in [0.2, 0.25) is 5.91 Å². The Hall–Kier alpha value is -0.570. The first-order valence-electron chi connectivity index (χ1n) is 6.18. The van der Waals surface area contributed by atoms with Crippen molar-refractivity contribution in [3.05, 3.63) is 0 Å². The number of hydrogen-bond acceptors (Lipinski definition) is 2. The number of carbonyl (C=O) groups excluding carboxylic acids is 1. The van der Waals surface area contributed by atoms with Gasteiger partial charge >= 0.3 is 0 Å². The molecular weight excluding hydrogens is 202 g/mol. The topological polar surface area (TPSA) is 29.5 Å². The van der Waals surface area contributed by atoms with Crippen molar-refractivity contribution in [1.29, 1.82) is 0 Å². The lowest BCUT2D eigenvalue weighted by Crippen LogP contribution is -2.47. The predicted molar refractivity (Wildman–Crippen MR) is 65.2 cm³/mol. The molecule has 0 aromatic heterocycles. The number of carbonyl (C=O) groups is 1. The Kier molecular flexibility index (Phi) is 4.36. The molecule has 1 atom stereocenters. The lowest BCUT2D eigenvalue weighted by atomic mass is 9.93. The molecule has 1 unspecified atom stereocenters. The Morgan fingerprint density at radius 1 is 1.44 bits per heavy atom. The first kappa shape index (κ1) is 13.5. The van der Waals surface area contributed by atoms with Crippen molar-refractivity contribution in [3.63, 3.8) is 0 Å². The van der Waals surface area contributed by atoms with Crippen LogP contribution < -0.4 is 0 Å². The molecule has 0 aromatic carbocycles. The molecule has 94 valence electrons. The first-order valence-corrected chi connectivity index (χ1v) is 6.18. The van der Waals surface area contributed by atoms with E-state index in [1.165, 1.54) is 12.8 Å². The summed E-state index contributed by atoms with van der Waals surface area (Å²) in [4.78, 5) is 14.3. The van der Waals surface area contributed by atoms with Crippen LogP contribution in [0.5, 0.6) is 0 Å². The van der Waals surface area contributed by atoms with Crippen molar-refractivity contribution in [2.75, 3.05) is 20.3 Å². The number of rotatable bonds is 5. The SMILES string of the molecule is COCCN(C(=O)C(C)(C)C)C(C)C1CC1. The number of nitrogens with zero attached hydrogens (tertiary/aromatic N) is 1. The highest BCUT2D eigenvalue weighted by atomic mass is 16.5. The maximum absolute atomic E-state index is 12.3. The third kappa shape index (κ3) is 3.48. The summed E-state index contributed by atoms with van der Waals surface area (Å²) in [6.07, 6.45) is 2.53. The second-order valence-electron chi connectivity index (χ2n) is 5.82. The summed E-state index contributed by atoms with van der Waals surface area (Å²) in [6, 6.07) is 0.363. The largest absolute Gasteiger partial charge is 0.383 e. The predicted octanol–water partition coefficient (Wildman–Crippen LogP) is 2.31. The van der Waals surface area contributed by atoms with Gasteiger partial charge in [0.25, 0.3) is 0 Å². The molecule has 0 spiro atoms. The van der Waals surface area contributed by atoms with E-state index in [2.05, 4.69) is 6.92 Å². The van der Waals surface area contributed by atoms with E-state index in [0.29, 0.717) is 25.1 Å². The van der Waals surface area contributed by atoms with Gasteiger partial charge in [0.15, 0.2) is 0 Å². The molecule has 3 heteroatoms. The van der Waals surface area contributed by atoms with E-state index in [4.69, 9.17) is 4.74 Å². The zero-order valence-corrected chi connectivity index (χ0v) is 11.2. The molecule has 16 heavy (non-hydrogen) atoms. The average molecular weight is 227 g/mol. The quantitative estimate of drug-likeness (QED) is 0.721. The van der Waals surface area contributed by atoms with Crippen LogP contribution >= 0.6 is 0 Å². The van der Waals surface area contributed by atoms with E-state index in [9.17, 15) is 4.79 Å². The van der Waals surface area contributed by atoms with Gasteiger partial charge in [0, 0.05) is 25.1 Å². The van der Waals surface area contributed by atoms with E-state index in [1.807, 2.05) is 25.7 Å². The highest BCUT2D eigenvalue weighted by Gasteiger charge is 2.37. The van der Waals surface area contributed by atoms with Crippen molar-refractivity contribution in [2.45, 2.75) is 46.6 Å². The van der Waals surface area contributed by atoms with Gasteiger partial charge in [-0.15, -0.1) is 0 Å². The minimum Gasteiger partial charge on any atom is -0.383 e. The molecule has 1 saturated carbocycles. The van der Waals surface area contributed by atoms with Crippen molar-refractivity contribution >= 4 is 5.91 Å². The summed E-state index contributed by atoms with van der Waals surface area (Å²) in [7, 11) is 1.68. The Labute approximate surface area is 99.1 Å². The molecule has 1 amide bonds. The molecule has 3 nitrogen and oxygen atoms in total. The normalized spacial score (nSPS) is 18.3. The molecular formula is C13H25NO2. The first-order chi connectivity index (χ1) is 7.38. The summed E-state index contributed by atoms with van der Waals surface area (Å²) in [6.45, 7) is 9.44. The molecule has 1 fully saturated rings. The third-order valence-corrected chi connectivity index (χ3v) is 3.23. The Balaban J connectivity index is 2.65. The van der Waals surface area contributed by atoms with Crippen LogP contribution in [-0.2, 0) is 9.53 Å². The van der Waals surface area contributed by atoms with E-state index in [-0.39, 0.29) is 11.3 Å². The second-order valence-corrected chi connectivity index (χ2v) is 5.82. The molecule has 0 N–H and O–H groups in total. The number of ether oxygens (including phenoxy) is 1. The van der Waals surface area contributed by atoms with Gasteiger partial charge in [-0.05, 0) is 25.7 Å². The summed E-state index contributed by atoms with van der Waals surface area (Å²) in [5, 5.41) is 0. The van der Waals surface area contributed by atoms with Gasteiger partial charge in [-0.25, -0.2) is 0 Å². The van der Waals surface area contributed by atoms with Gasteiger partial charge in [-0.1, -0.05) is 20.8 Å². The number of hydrogen-bond donors (Lipinski definition) is 0. The average Bonchev–Trinajstić information content (AvgIpc) is 2.99. The van der Waals surface area contributed by atoms with Crippen molar-refractivity contribution in [2.24, 2.45) is 11.3 Å². The molecule has 0 bridgehead atoms. The van der Waals surface area contributed by atoms with Gasteiger partial charge in [0.05, 0.1) is 6.61 Å². The standard InChI is InChI=1S/C13H25NO2/c1-10(11-6-7-11)14(8-9-16-5)12(15)13(2,3)4/h10-11H,6-9H2,1-5H3. The maximum Gasteiger partial charge on any atom is 0.228 e. The highest BCUT2D eigenvalue weighted by Crippen LogP contribution is 2.36. The fraction of sp³-hybridized carbons (Fsp3) is 0.923. The van der Waals surface area contributed by atoms with Gasteiger partial charge < -0.3 is 9.64 Å². The van der Waals surface area contributed by atoms with E-state index in [0.717, 1.165) is 0 Å². The summed E-state index contributed by atoms with van der Waals surface area (Å²) < 4.78 is 5.09. The fourth-order valence-electron chi connectivity index (χ4n) is 1.94. The molecule has 1 rings (SSSR count). The van der Waals surface area contributed by atoms with Gasteiger partial charge in [-0.2, -0.15) is 0 Å². The number of amides is 1. The molecule has 0 aromatic rings. The van der Waals surface area contributed by atoms with Crippen LogP contribution in [0.25, 0.3) is 0 Å². The maximum atomic E-state index is 12.3. The molecule has 1 aliphatic rings. The summed E-state index contributed by atoms with van der Waals surface area (Å²) in [5.74, 6) is 0.951. The van der Waals surface area contributed by atoms with Crippen molar-refractivity contribution < 1.29 is 9.53 Å². The molecule has 0 heterocycles. The molecule has 0 aliphatic heterocycles. The third-order valence-electron chi connectivity index (χ3n) is 3.23. The Morgan fingerprint density at radius 3 is 2.38 bits per heavy atom. The van der Waals surface area contributed by atoms with E-state index >= 15 is 0 Å². The van der Waals surface area contributed by atoms with Crippen LogP contribution in [0.15, 0.2) is 0 Å². The van der Waals surface area contributed by atoms with E-state index < -0.39 is 0 Å². The minimum atomic E-state index is -0.295. The molecule has 0 radical (unpaired) electrons.